The van der Waals surface area contributed by atoms with E-state index in [9.17, 15) is 19.2 Å². The number of ether oxygens (including phenoxy) is 1. The molecule has 1 saturated heterocycles. The molecule has 1 N–H and O–H groups in total. The van der Waals surface area contributed by atoms with Gasteiger partial charge in [-0.1, -0.05) is 44.9 Å². The van der Waals surface area contributed by atoms with E-state index in [1.807, 2.05) is 0 Å². The van der Waals surface area contributed by atoms with E-state index in [0.29, 0.717) is 12.8 Å². The highest BCUT2D eigenvalue weighted by Gasteiger charge is 2.55. The van der Waals surface area contributed by atoms with Gasteiger partial charge in [0.1, 0.15) is 12.1 Å². The van der Waals surface area contributed by atoms with E-state index in [2.05, 4.69) is 5.32 Å². The molecule has 2 aliphatic carbocycles. The molecule has 0 aromatic carbocycles. The van der Waals surface area contributed by atoms with Crippen molar-refractivity contribution >= 4 is 23.8 Å². The third-order valence-corrected chi connectivity index (χ3v) is 6.36. The minimum absolute atomic E-state index is 0.134. The molecule has 1 spiro atoms. The fraction of sp³-hybridized carbons (Fsp3) is 0.800. The van der Waals surface area contributed by atoms with Crippen LogP contribution in [0.25, 0.3) is 0 Å². The number of imide groups is 1. The maximum Gasteiger partial charge on any atom is 0.327 e. The van der Waals surface area contributed by atoms with Crippen LogP contribution < -0.4 is 5.32 Å². The van der Waals surface area contributed by atoms with Crippen LogP contribution in [0.2, 0.25) is 0 Å². The molecule has 1 heterocycles. The lowest BCUT2D eigenvalue weighted by Crippen LogP contribution is -2.49. The molecule has 3 rings (SSSR count). The second-order valence-electron chi connectivity index (χ2n) is 8.24. The zero-order valence-electron chi connectivity index (χ0n) is 16.7. The van der Waals surface area contributed by atoms with Crippen molar-refractivity contribution in [1.29, 1.82) is 0 Å². The van der Waals surface area contributed by atoms with E-state index >= 15 is 0 Å². The summed E-state index contributed by atoms with van der Waals surface area (Å²) >= 11 is 0. The van der Waals surface area contributed by atoms with Crippen molar-refractivity contribution < 1.29 is 23.9 Å². The lowest BCUT2D eigenvalue weighted by atomic mass is 9.81. The van der Waals surface area contributed by atoms with E-state index in [1.54, 1.807) is 7.05 Å². The van der Waals surface area contributed by atoms with Gasteiger partial charge in [0.15, 0.2) is 6.61 Å². The summed E-state index contributed by atoms with van der Waals surface area (Å²) in [5, 5.41) is 2.91. The van der Waals surface area contributed by atoms with Crippen molar-refractivity contribution in [1.82, 2.24) is 15.1 Å². The van der Waals surface area contributed by atoms with E-state index in [1.165, 1.54) is 17.7 Å². The standard InChI is InChI=1S/C20H31N3O5/c1-22-19(27)23(18(26)20(22)11-7-4-8-12-20)13-17(25)28-14-16(24)21-15-9-5-2-3-6-10-15/h15H,2-14H2,1H3,(H,21,24). The van der Waals surface area contributed by atoms with Crippen molar-refractivity contribution in [3.63, 3.8) is 0 Å². The Bertz CT molecular complexity index is 621. The van der Waals surface area contributed by atoms with E-state index in [4.69, 9.17) is 4.74 Å². The number of nitrogens with zero attached hydrogens (tertiary/aromatic N) is 2. The molecule has 3 aliphatic rings. The van der Waals surface area contributed by atoms with Crippen molar-refractivity contribution in [3.8, 4) is 0 Å². The molecule has 0 bridgehead atoms. The van der Waals surface area contributed by atoms with Gasteiger partial charge in [0.25, 0.3) is 11.8 Å². The topological polar surface area (TPSA) is 96.0 Å². The minimum Gasteiger partial charge on any atom is -0.454 e. The summed E-state index contributed by atoms with van der Waals surface area (Å²) in [5.41, 5.74) is -0.813. The molecule has 0 atom stereocenters. The van der Waals surface area contributed by atoms with Gasteiger partial charge in [-0.15, -0.1) is 0 Å². The minimum atomic E-state index is -0.813. The van der Waals surface area contributed by atoms with Crippen molar-refractivity contribution in [2.24, 2.45) is 0 Å². The Hall–Kier alpha value is -2.12. The Balaban J connectivity index is 1.48. The van der Waals surface area contributed by atoms with E-state index in [-0.39, 0.29) is 24.5 Å². The second-order valence-corrected chi connectivity index (χ2v) is 8.24. The Kier molecular flexibility index (Phi) is 6.57. The molecule has 28 heavy (non-hydrogen) atoms. The molecule has 156 valence electrons. The van der Waals surface area contributed by atoms with Gasteiger partial charge in [-0.25, -0.2) is 4.79 Å². The predicted molar refractivity (Wildman–Crippen MR) is 101 cm³/mol. The molecule has 3 fully saturated rings. The smallest absolute Gasteiger partial charge is 0.327 e. The number of hydrogen-bond donors (Lipinski definition) is 1. The van der Waals surface area contributed by atoms with Crippen LogP contribution in [0.1, 0.15) is 70.6 Å². The molecule has 0 radical (unpaired) electrons. The van der Waals surface area contributed by atoms with Gasteiger partial charge >= 0.3 is 12.0 Å². The first-order valence-corrected chi connectivity index (χ1v) is 10.5. The summed E-state index contributed by atoms with van der Waals surface area (Å²) < 4.78 is 5.03. The van der Waals surface area contributed by atoms with Crippen LogP contribution in [0, 0.1) is 0 Å². The van der Waals surface area contributed by atoms with Crippen molar-refractivity contribution in [2.75, 3.05) is 20.2 Å². The number of rotatable bonds is 5. The number of carbonyl (C=O) groups excluding carboxylic acids is 4. The highest BCUT2D eigenvalue weighted by atomic mass is 16.5. The molecular weight excluding hydrogens is 362 g/mol. The first kappa shape index (κ1) is 20.6. The number of urea groups is 1. The number of esters is 1. The number of likely N-dealkylation sites (N-methyl/N-ethyl adjacent to an activating group) is 1. The molecule has 1 aliphatic heterocycles. The number of amides is 4. The fourth-order valence-corrected chi connectivity index (χ4v) is 4.68. The zero-order chi connectivity index (χ0) is 20.1. The van der Waals surface area contributed by atoms with Crippen molar-refractivity contribution in [3.05, 3.63) is 0 Å². The van der Waals surface area contributed by atoms with Crippen LogP contribution in [0.3, 0.4) is 0 Å². The number of hydrogen-bond acceptors (Lipinski definition) is 5. The van der Waals surface area contributed by atoms with Crippen LogP contribution in [0.15, 0.2) is 0 Å². The SMILES string of the molecule is CN1C(=O)N(CC(=O)OCC(=O)NC2CCCCCC2)C(=O)C12CCCCC2. The largest absolute Gasteiger partial charge is 0.454 e. The molecular formula is C20H31N3O5. The Morgan fingerprint density at radius 2 is 1.64 bits per heavy atom. The number of carbonyl (C=O) groups is 4. The fourth-order valence-electron chi connectivity index (χ4n) is 4.68. The van der Waals surface area contributed by atoms with Gasteiger partial charge in [0.2, 0.25) is 0 Å². The third kappa shape index (κ3) is 4.31. The Morgan fingerprint density at radius 3 is 2.29 bits per heavy atom. The van der Waals surface area contributed by atoms with Gasteiger partial charge in [0.05, 0.1) is 0 Å². The summed E-state index contributed by atoms with van der Waals surface area (Å²) in [7, 11) is 1.62. The molecule has 8 nitrogen and oxygen atoms in total. The maximum absolute atomic E-state index is 12.8. The highest BCUT2D eigenvalue weighted by molar-refractivity contribution is 6.08. The average molecular weight is 393 g/mol. The van der Waals surface area contributed by atoms with Gasteiger partial charge in [-0.05, 0) is 25.7 Å². The maximum atomic E-state index is 12.8. The summed E-state index contributed by atoms with van der Waals surface area (Å²) in [5.74, 6) is -1.39. The number of nitrogens with one attached hydrogen (secondary N) is 1. The van der Waals surface area contributed by atoms with Crippen LogP contribution in [0.4, 0.5) is 4.79 Å². The lowest BCUT2D eigenvalue weighted by molar-refractivity contribution is -0.151. The second kappa shape index (κ2) is 8.92. The predicted octanol–water partition coefficient (Wildman–Crippen LogP) is 1.97. The molecule has 0 aromatic rings. The van der Waals surface area contributed by atoms with Crippen LogP contribution in [-0.2, 0) is 19.1 Å². The van der Waals surface area contributed by atoms with Crippen LogP contribution in [0.5, 0.6) is 0 Å². The quantitative estimate of drug-likeness (QED) is 0.438. The van der Waals surface area contributed by atoms with Gasteiger partial charge < -0.3 is 15.0 Å². The van der Waals surface area contributed by atoms with Gasteiger partial charge in [-0.2, -0.15) is 0 Å². The highest BCUT2D eigenvalue weighted by Crippen LogP contribution is 2.39. The summed E-state index contributed by atoms with van der Waals surface area (Å²) in [6, 6.07) is -0.331. The Morgan fingerprint density at radius 1 is 1.04 bits per heavy atom. The molecule has 8 heteroatoms. The first-order chi connectivity index (χ1) is 13.4. The van der Waals surface area contributed by atoms with Gasteiger partial charge in [0, 0.05) is 13.1 Å². The van der Waals surface area contributed by atoms with E-state index in [0.717, 1.165) is 49.8 Å². The van der Waals surface area contributed by atoms with E-state index < -0.39 is 24.1 Å². The molecule has 0 unspecified atom stereocenters. The summed E-state index contributed by atoms with van der Waals surface area (Å²) in [4.78, 5) is 52.0. The van der Waals surface area contributed by atoms with Crippen LogP contribution >= 0.6 is 0 Å². The Labute approximate surface area is 165 Å². The van der Waals surface area contributed by atoms with Gasteiger partial charge in [-0.3, -0.25) is 19.3 Å². The molecule has 2 saturated carbocycles. The summed E-state index contributed by atoms with van der Waals surface area (Å²) in [6.07, 6.45) is 10.6. The monoisotopic (exact) mass is 393 g/mol. The average Bonchev–Trinajstić information content (AvgIpc) is 2.91. The molecule has 0 aromatic heterocycles. The third-order valence-electron chi connectivity index (χ3n) is 6.36. The molecule has 4 amide bonds. The normalized spacial score (nSPS) is 23.0. The van der Waals surface area contributed by atoms with Crippen molar-refractivity contribution in [2.45, 2.75) is 82.2 Å². The zero-order valence-corrected chi connectivity index (χ0v) is 16.7. The lowest BCUT2D eigenvalue weighted by Gasteiger charge is -2.35. The summed E-state index contributed by atoms with van der Waals surface area (Å²) in [6.45, 7) is -0.826. The van der Waals surface area contributed by atoms with Crippen LogP contribution in [-0.4, -0.2) is 65.4 Å². The first-order valence-electron chi connectivity index (χ1n) is 10.5.